The number of morpholine rings is 1. The predicted octanol–water partition coefficient (Wildman–Crippen LogP) is -0.935. The third-order valence-electron chi connectivity index (χ3n) is 1.45. The van der Waals surface area contributed by atoms with Crippen LogP contribution in [0.3, 0.4) is 0 Å². The molecule has 0 aromatic heterocycles. The van der Waals surface area contributed by atoms with Crippen molar-refractivity contribution in [2.45, 2.75) is 13.0 Å². The number of hydrogen-bond acceptors (Lipinski definition) is 5. The normalized spacial score (nSPS) is 23.2. The highest BCUT2D eigenvalue weighted by atomic mass is 16.6. The van der Waals surface area contributed by atoms with Crippen molar-refractivity contribution in [1.29, 1.82) is 0 Å². The van der Waals surface area contributed by atoms with Gasteiger partial charge in [-0.25, -0.2) is 4.79 Å². The van der Waals surface area contributed by atoms with Crippen LogP contribution in [0.5, 0.6) is 0 Å². The second-order valence-electron chi connectivity index (χ2n) is 2.49. The van der Waals surface area contributed by atoms with Crippen molar-refractivity contribution in [3.63, 3.8) is 0 Å². The van der Waals surface area contributed by atoms with Gasteiger partial charge in [-0.1, -0.05) is 0 Å². The summed E-state index contributed by atoms with van der Waals surface area (Å²) < 4.78 is 9.38. The third-order valence-corrected chi connectivity index (χ3v) is 1.45. The van der Waals surface area contributed by atoms with Crippen LogP contribution in [-0.4, -0.2) is 37.7 Å². The molecule has 0 aromatic rings. The van der Waals surface area contributed by atoms with E-state index in [9.17, 15) is 9.59 Å². The lowest BCUT2D eigenvalue weighted by atomic mass is 10.3. The molecule has 0 aromatic carbocycles. The molecule has 12 heavy (non-hydrogen) atoms. The van der Waals surface area contributed by atoms with E-state index in [-0.39, 0.29) is 6.61 Å². The van der Waals surface area contributed by atoms with E-state index < -0.39 is 18.0 Å². The van der Waals surface area contributed by atoms with Gasteiger partial charge in [-0.15, -0.1) is 0 Å². The molecule has 68 valence electrons. The van der Waals surface area contributed by atoms with Crippen LogP contribution in [-0.2, 0) is 19.1 Å². The highest BCUT2D eigenvalue weighted by Gasteiger charge is 2.23. The number of rotatable bonds is 1. The first-order valence-electron chi connectivity index (χ1n) is 3.73. The zero-order chi connectivity index (χ0) is 8.97. The molecule has 1 heterocycles. The Morgan fingerprint density at radius 3 is 2.83 bits per heavy atom. The fraction of sp³-hybridized carbons (Fsp3) is 0.714. The number of ether oxygens (including phenoxy) is 2. The van der Waals surface area contributed by atoms with E-state index in [0.717, 1.165) is 0 Å². The van der Waals surface area contributed by atoms with Gasteiger partial charge < -0.3 is 14.8 Å². The highest BCUT2D eigenvalue weighted by Crippen LogP contribution is 1.95. The quantitative estimate of drug-likeness (QED) is 0.409. The molecule has 1 saturated heterocycles. The lowest BCUT2D eigenvalue weighted by molar-refractivity contribution is -0.161. The summed E-state index contributed by atoms with van der Waals surface area (Å²) in [6.07, 6.45) is 0. The lowest BCUT2D eigenvalue weighted by Gasteiger charge is -2.21. The van der Waals surface area contributed by atoms with Crippen molar-refractivity contribution in [3.8, 4) is 0 Å². The first-order chi connectivity index (χ1) is 5.70. The second kappa shape index (κ2) is 4.18. The Morgan fingerprint density at radius 1 is 1.58 bits per heavy atom. The van der Waals surface area contributed by atoms with E-state index in [2.05, 4.69) is 10.1 Å². The molecule has 0 saturated carbocycles. The number of carbonyl (C=O) groups is 2. The Labute approximate surface area is 70.0 Å². The van der Waals surface area contributed by atoms with Gasteiger partial charge in [0.15, 0.2) is 0 Å². The minimum Gasteiger partial charge on any atom is -0.392 e. The molecule has 1 N–H and O–H groups in total. The molecule has 1 aliphatic heterocycles. The van der Waals surface area contributed by atoms with E-state index in [1.807, 2.05) is 0 Å². The van der Waals surface area contributed by atoms with Crippen LogP contribution in [0.1, 0.15) is 6.92 Å². The third kappa shape index (κ3) is 2.60. The maximum absolute atomic E-state index is 11.0. The molecular weight excluding hydrogens is 162 g/mol. The molecule has 0 bridgehead atoms. The van der Waals surface area contributed by atoms with Crippen LogP contribution in [0.25, 0.3) is 0 Å². The van der Waals surface area contributed by atoms with E-state index in [0.29, 0.717) is 13.2 Å². The maximum Gasteiger partial charge on any atom is 0.333 e. The fourth-order valence-corrected chi connectivity index (χ4v) is 0.930. The Balaban J connectivity index is 2.34. The smallest absolute Gasteiger partial charge is 0.333 e. The first-order valence-corrected chi connectivity index (χ1v) is 3.73. The molecule has 0 aliphatic carbocycles. The average molecular weight is 173 g/mol. The van der Waals surface area contributed by atoms with Crippen molar-refractivity contribution in [1.82, 2.24) is 5.32 Å². The number of esters is 2. The number of hydrogen-bond donors (Lipinski definition) is 1. The molecule has 0 radical (unpaired) electrons. The van der Waals surface area contributed by atoms with Crippen molar-refractivity contribution < 1.29 is 19.1 Å². The van der Waals surface area contributed by atoms with E-state index in [1.165, 1.54) is 6.92 Å². The summed E-state index contributed by atoms with van der Waals surface area (Å²) in [4.78, 5) is 21.4. The van der Waals surface area contributed by atoms with Crippen LogP contribution in [0, 0.1) is 0 Å². The Kier molecular flexibility index (Phi) is 3.19. The summed E-state index contributed by atoms with van der Waals surface area (Å²) in [7, 11) is 0. The van der Waals surface area contributed by atoms with Gasteiger partial charge in [0.05, 0.1) is 13.2 Å². The highest BCUT2D eigenvalue weighted by molar-refractivity contribution is 5.87. The molecule has 1 fully saturated rings. The van der Waals surface area contributed by atoms with Gasteiger partial charge in [-0.2, -0.15) is 0 Å². The van der Waals surface area contributed by atoms with Gasteiger partial charge >= 0.3 is 11.9 Å². The summed E-state index contributed by atoms with van der Waals surface area (Å²) >= 11 is 0. The Hall–Kier alpha value is -0.940. The topological polar surface area (TPSA) is 64.6 Å². The van der Waals surface area contributed by atoms with E-state index >= 15 is 0 Å². The predicted molar refractivity (Wildman–Crippen MR) is 39.4 cm³/mol. The van der Waals surface area contributed by atoms with Gasteiger partial charge in [0.2, 0.25) is 0 Å². The van der Waals surface area contributed by atoms with Crippen LogP contribution < -0.4 is 5.32 Å². The van der Waals surface area contributed by atoms with Gasteiger partial charge in [-0.05, 0) is 0 Å². The summed E-state index contributed by atoms with van der Waals surface area (Å²) in [6, 6.07) is -0.498. The standard InChI is InChI=1S/C7H11NO4/c1-5(9)12-7(10)6-4-11-3-2-8-6/h6,8H,2-4H2,1H3. The van der Waals surface area contributed by atoms with Crippen molar-refractivity contribution in [3.05, 3.63) is 0 Å². The van der Waals surface area contributed by atoms with Crippen LogP contribution in [0.2, 0.25) is 0 Å². The molecule has 1 rings (SSSR count). The molecule has 5 nitrogen and oxygen atoms in total. The van der Waals surface area contributed by atoms with Gasteiger partial charge in [0, 0.05) is 13.5 Å². The van der Waals surface area contributed by atoms with Crippen molar-refractivity contribution in [2.24, 2.45) is 0 Å². The molecule has 5 heteroatoms. The Morgan fingerprint density at radius 2 is 2.33 bits per heavy atom. The van der Waals surface area contributed by atoms with Crippen LogP contribution in [0.15, 0.2) is 0 Å². The summed E-state index contributed by atoms with van der Waals surface area (Å²) in [6.45, 7) is 2.66. The summed E-state index contributed by atoms with van der Waals surface area (Å²) in [5.74, 6) is -1.16. The summed E-state index contributed by atoms with van der Waals surface area (Å²) in [5.41, 5.74) is 0. The van der Waals surface area contributed by atoms with Crippen LogP contribution >= 0.6 is 0 Å². The van der Waals surface area contributed by atoms with E-state index in [4.69, 9.17) is 4.74 Å². The lowest BCUT2D eigenvalue weighted by Crippen LogP contribution is -2.47. The SMILES string of the molecule is CC(=O)OC(=O)C1COCCN1. The molecule has 1 atom stereocenters. The molecule has 1 aliphatic rings. The monoisotopic (exact) mass is 173 g/mol. The molecule has 1 unspecified atom stereocenters. The molecule has 0 spiro atoms. The van der Waals surface area contributed by atoms with Crippen molar-refractivity contribution in [2.75, 3.05) is 19.8 Å². The first kappa shape index (κ1) is 9.15. The Bertz CT molecular complexity index is 186. The summed E-state index contributed by atoms with van der Waals surface area (Å²) in [5, 5.41) is 2.87. The van der Waals surface area contributed by atoms with E-state index in [1.54, 1.807) is 0 Å². The van der Waals surface area contributed by atoms with Gasteiger partial charge in [0.1, 0.15) is 6.04 Å². The largest absolute Gasteiger partial charge is 0.392 e. The minimum atomic E-state index is -0.590. The van der Waals surface area contributed by atoms with Gasteiger partial charge in [0.25, 0.3) is 0 Å². The average Bonchev–Trinajstić information content (AvgIpc) is 2.05. The molecule has 0 amide bonds. The second-order valence-corrected chi connectivity index (χ2v) is 2.49. The zero-order valence-electron chi connectivity index (χ0n) is 6.83. The van der Waals surface area contributed by atoms with Crippen LogP contribution in [0.4, 0.5) is 0 Å². The maximum atomic E-state index is 11.0. The van der Waals surface area contributed by atoms with Gasteiger partial charge in [-0.3, -0.25) is 4.79 Å². The zero-order valence-corrected chi connectivity index (χ0v) is 6.83. The number of carbonyl (C=O) groups excluding carboxylic acids is 2. The fourth-order valence-electron chi connectivity index (χ4n) is 0.930. The molecular formula is C7H11NO4. The minimum absolute atomic E-state index is 0.270. The van der Waals surface area contributed by atoms with Crippen molar-refractivity contribution >= 4 is 11.9 Å². The number of nitrogens with one attached hydrogen (secondary N) is 1.